The molecule has 260 valence electrons. The number of nitrogens with two attached hydrogens (primary N) is 1. The van der Waals surface area contributed by atoms with E-state index >= 15 is 8.42 Å². The van der Waals surface area contributed by atoms with Crippen molar-refractivity contribution >= 4 is 32.0 Å². The van der Waals surface area contributed by atoms with Crippen molar-refractivity contribution in [3.05, 3.63) is 0 Å². The second-order valence-electron chi connectivity index (χ2n) is 11.9. The molecular formula is C25H50N4O13S2. The summed E-state index contributed by atoms with van der Waals surface area (Å²) < 4.78 is 86.7. The number of hydrogen-bond donors (Lipinski definition) is 4. The Balaban J connectivity index is 5.08. The van der Waals surface area contributed by atoms with E-state index in [4.69, 9.17) is 29.4 Å². The van der Waals surface area contributed by atoms with Crippen molar-refractivity contribution in [2.75, 3.05) is 47.8 Å². The Labute approximate surface area is 260 Å². The Kier molecular flexibility index (Phi) is 12.5. The zero-order valence-electron chi connectivity index (χ0n) is 27.5. The summed E-state index contributed by atoms with van der Waals surface area (Å²) >= 11 is 0. The first-order valence-electron chi connectivity index (χ1n) is 13.8. The van der Waals surface area contributed by atoms with Gasteiger partial charge in [0.05, 0.1) is 32.7 Å². The summed E-state index contributed by atoms with van der Waals surface area (Å²) in [7, 11) is -6.27. The van der Waals surface area contributed by atoms with Gasteiger partial charge in [0, 0.05) is 20.1 Å². The van der Waals surface area contributed by atoms with E-state index in [0.717, 1.165) is 35.3 Å². The number of sulfonamides is 2. The van der Waals surface area contributed by atoms with Crippen LogP contribution in [0, 0.1) is 11.8 Å². The molecule has 0 aliphatic carbocycles. The summed E-state index contributed by atoms with van der Waals surface area (Å²) in [5, 5.41) is 24.9. The lowest BCUT2D eigenvalue weighted by atomic mass is 9.81. The van der Waals surface area contributed by atoms with Gasteiger partial charge in [0.15, 0.2) is 0 Å². The summed E-state index contributed by atoms with van der Waals surface area (Å²) in [6, 6.07) is -1.69. The Morgan fingerprint density at radius 1 is 1.09 bits per heavy atom. The molecule has 1 saturated heterocycles. The molecule has 0 aromatic carbocycles. The summed E-state index contributed by atoms with van der Waals surface area (Å²) in [4.78, 5) is 24.1. The summed E-state index contributed by atoms with van der Waals surface area (Å²) in [6.07, 6.45) is -1.00. The van der Waals surface area contributed by atoms with Crippen LogP contribution in [0.4, 0.5) is 4.79 Å². The lowest BCUT2D eigenvalue weighted by Gasteiger charge is -2.69. The second kappa shape index (κ2) is 13.6. The van der Waals surface area contributed by atoms with Gasteiger partial charge in [-0.05, 0) is 40.2 Å². The standard InChI is InChI=1S/C25H50N4O13S2/c1-16(2)13-22(33,14-30)44(36,37)29-23(17(3)4,41-18(5)6)24(40-11,19(31)39-10)42-21(7,15-38-9)25(29,27-8)28(20(26)32)43(12,34)35/h16-18,27,30,33H,13-15H2,1-12H3,(H2,26,32). The number of methoxy groups -OCH3 is 3. The predicted octanol–water partition coefficient (Wildman–Crippen LogP) is -0.713. The molecule has 0 bridgehead atoms. The molecular weight excluding hydrogens is 628 g/mol. The first kappa shape index (κ1) is 40.3. The molecule has 5 unspecified atom stereocenters. The topological polar surface area (TPSA) is 234 Å². The minimum absolute atomic E-state index is 0.00140. The molecule has 1 aliphatic heterocycles. The zero-order chi connectivity index (χ0) is 34.9. The number of urea groups is 1. The fraction of sp³-hybridized carbons (Fsp3) is 0.920. The molecule has 5 atom stereocenters. The number of aliphatic hydroxyl groups is 2. The van der Waals surface area contributed by atoms with E-state index < -0.39 is 97.5 Å². The van der Waals surface area contributed by atoms with Crippen LogP contribution in [-0.4, -0.2) is 129 Å². The highest BCUT2D eigenvalue weighted by Gasteiger charge is 2.84. The van der Waals surface area contributed by atoms with Gasteiger partial charge in [0.2, 0.25) is 26.5 Å². The SMILES string of the molecule is CNC1(N(C(N)=O)S(C)(=O)=O)N(S(=O)(=O)C(O)(CO)CC(C)C)C(OC(C)C)(C(C)C)C(OC)(C(=O)OC)OC1(C)COC. The Morgan fingerprint density at radius 3 is 1.91 bits per heavy atom. The number of primary amides is 1. The van der Waals surface area contributed by atoms with Gasteiger partial charge < -0.3 is 39.6 Å². The quantitative estimate of drug-likeness (QED) is 0.124. The van der Waals surface area contributed by atoms with Crippen LogP contribution in [0.25, 0.3) is 0 Å². The van der Waals surface area contributed by atoms with Crippen molar-refractivity contribution < 1.29 is 60.3 Å². The molecule has 19 heteroatoms. The molecule has 0 radical (unpaired) electrons. The van der Waals surface area contributed by atoms with Crippen molar-refractivity contribution in [3.63, 3.8) is 0 Å². The maximum Gasteiger partial charge on any atom is 0.371 e. The molecule has 0 aromatic heterocycles. The minimum Gasteiger partial charge on any atom is -0.465 e. The number of nitrogens with zero attached hydrogens (tertiary/aromatic N) is 2. The predicted molar refractivity (Wildman–Crippen MR) is 157 cm³/mol. The van der Waals surface area contributed by atoms with Crippen LogP contribution in [0.3, 0.4) is 0 Å². The lowest BCUT2D eigenvalue weighted by Crippen LogP contribution is -2.95. The molecule has 1 rings (SSSR count). The summed E-state index contributed by atoms with van der Waals surface area (Å²) in [5.74, 6) is -9.09. The number of rotatable bonds is 15. The number of hydrogen-bond acceptors (Lipinski definition) is 14. The van der Waals surface area contributed by atoms with Gasteiger partial charge in [-0.3, -0.25) is 5.32 Å². The van der Waals surface area contributed by atoms with Gasteiger partial charge in [-0.15, -0.1) is 4.31 Å². The highest BCUT2D eigenvalue weighted by molar-refractivity contribution is 7.90. The van der Waals surface area contributed by atoms with E-state index in [1.807, 2.05) is 0 Å². The van der Waals surface area contributed by atoms with Crippen molar-refractivity contribution in [3.8, 4) is 0 Å². The fourth-order valence-corrected chi connectivity index (χ4v) is 9.74. The number of morpholine rings is 1. The van der Waals surface area contributed by atoms with E-state index in [0.29, 0.717) is 10.6 Å². The van der Waals surface area contributed by atoms with Crippen LogP contribution < -0.4 is 11.1 Å². The third kappa shape index (κ3) is 5.95. The average molecular weight is 679 g/mol. The van der Waals surface area contributed by atoms with Gasteiger partial charge in [-0.25, -0.2) is 26.4 Å². The van der Waals surface area contributed by atoms with Crippen LogP contribution in [0.2, 0.25) is 0 Å². The Bertz CT molecular complexity index is 1260. The Morgan fingerprint density at radius 2 is 1.61 bits per heavy atom. The second-order valence-corrected chi connectivity index (χ2v) is 15.8. The number of nitrogens with one attached hydrogen (secondary N) is 1. The average Bonchev–Trinajstić information content (AvgIpc) is 2.87. The fourth-order valence-electron chi connectivity index (χ4n) is 6.02. The van der Waals surface area contributed by atoms with Crippen LogP contribution in [0.15, 0.2) is 0 Å². The number of carbonyl (C=O) groups is 2. The van der Waals surface area contributed by atoms with Crippen molar-refractivity contribution in [1.29, 1.82) is 0 Å². The van der Waals surface area contributed by atoms with Crippen molar-refractivity contribution in [2.45, 2.75) is 88.8 Å². The third-order valence-electron chi connectivity index (χ3n) is 7.40. The number of likely N-dealkylation sites (N-methyl/N-ethyl adjacent to an activating group) is 1. The molecule has 1 fully saturated rings. The molecule has 0 saturated carbocycles. The van der Waals surface area contributed by atoms with E-state index in [1.165, 1.54) is 27.7 Å². The molecule has 1 aliphatic rings. The summed E-state index contributed by atoms with van der Waals surface area (Å²) in [5.41, 5.74) is 0.404. The molecule has 17 nitrogen and oxygen atoms in total. The largest absolute Gasteiger partial charge is 0.465 e. The maximum absolute atomic E-state index is 15.2. The number of aliphatic hydroxyl groups excluding tert-OH is 1. The molecule has 2 amide bonds. The first-order valence-corrected chi connectivity index (χ1v) is 17.1. The molecule has 1 heterocycles. The van der Waals surface area contributed by atoms with Crippen molar-refractivity contribution in [2.24, 2.45) is 17.6 Å². The monoisotopic (exact) mass is 678 g/mol. The maximum atomic E-state index is 15.2. The molecule has 0 aromatic rings. The van der Waals surface area contributed by atoms with Crippen LogP contribution in [0.5, 0.6) is 0 Å². The van der Waals surface area contributed by atoms with E-state index in [1.54, 1.807) is 13.8 Å². The number of ether oxygens (including phenoxy) is 5. The van der Waals surface area contributed by atoms with Crippen LogP contribution in [0.1, 0.15) is 54.9 Å². The number of amides is 2. The Hall–Kier alpha value is -1.68. The molecule has 5 N–H and O–H groups in total. The molecule has 44 heavy (non-hydrogen) atoms. The normalized spacial score (nSPS) is 30.0. The minimum atomic E-state index is -5.62. The van der Waals surface area contributed by atoms with Crippen LogP contribution >= 0.6 is 0 Å². The smallest absolute Gasteiger partial charge is 0.371 e. The van der Waals surface area contributed by atoms with Gasteiger partial charge in [-0.1, -0.05) is 27.7 Å². The third-order valence-corrected chi connectivity index (χ3v) is 10.8. The first-order chi connectivity index (χ1) is 19.9. The number of carbonyl (C=O) groups excluding carboxylic acids is 2. The van der Waals surface area contributed by atoms with E-state index in [-0.39, 0.29) is 4.31 Å². The zero-order valence-corrected chi connectivity index (χ0v) is 29.2. The van der Waals surface area contributed by atoms with E-state index in [2.05, 4.69) is 5.32 Å². The highest BCUT2D eigenvalue weighted by atomic mass is 32.2. The highest BCUT2D eigenvalue weighted by Crippen LogP contribution is 2.58. The van der Waals surface area contributed by atoms with Crippen LogP contribution in [-0.2, 0) is 48.5 Å². The van der Waals surface area contributed by atoms with Gasteiger partial charge in [-0.2, -0.15) is 4.31 Å². The number of esters is 1. The summed E-state index contributed by atoms with van der Waals surface area (Å²) in [6.45, 7) is 7.88. The lowest BCUT2D eigenvalue weighted by molar-refractivity contribution is -0.451. The van der Waals surface area contributed by atoms with E-state index in [9.17, 15) is 28.2 Å². The van der Waals surface area contributed by atoms with Gasteiger partial charge >= 0.3 is 17.8 Å². The van der Waals surface area contributed by atoms with Crippen molar-refractivity contribution in [1.82, 2.24) is 13.9 Å². The molecule has 0 spiro atoms. The van der Waals surface area contributed by atoms with Gasteiger partial charge in [0.25, 0.3) is 10.0 Å². The van der Waals surface area contributed by atoms with Gasteiger partial charge in [0.1, 0.15) is 5.60 Å².